The van der Waals surface area contributed by atoms with E-state index in [1.54, 1.807) is 6.07 Å². The smallest absolute Gasteiger partial charge is 0.248 e. The van der Waals surface area contributed by atoms with E-state index >= 15 is 0 Å². The summed E-state index contributed by atoms with van der Waals surface area (Å²) in [6.07, 6.45) is 1.83. The van der Waals surface area contributed by atoms with Crippen LogP contribution in [0.5, 0.6) is 0 Å². The maximum Gasteiger partial charge on any atom is 0.248 e. The number of nitrogens with zero attached hydrogens (tertiary/aromatic N) is 2. The maximum absolute atomic E-state index is 6.15. The van der Waals surface area contributed by atoms with Gasteiger partial charge >= 0.3 is 0 Å². The summed E-state index contributed by atoms with van der Waals surface area (Å²) in [5.74, 6) is 1.41. The SMILES string of the molecule is N[C@@H](c1nc(C2CCOCC2)no1)c1ccccc1Cl. The Bertz CT molecular complexity index is 581. The maximum atomic E-state index is 6.15. The summed E-state index contributed by atoms with van der Waals surface area (Å²) in [4.78, 5) is 4.43. The van der Waals surface area contributed by atoms with Crippen LogP contribution in [-0.2, 0) is 4.74 Å². The predicted octanol–water partition coefficient (Wildman–Crippen LogP) is 2.67. The third-order valence-electron chi connectivity index (χ3n) is 3.55. The number of hydrogen-bond donors (Lipinski definition) is 1. The van der Waals surface area contributed by atoms with Gasteiger partial charge in [-0.3, -0.25) is 0 Å². The van der Waals surface area contributed by atoms with Gasteiger partial charge < -0.3 is 15.0 Å². The summed E-state index contributed by atoms with van der Waals surface area (Å²) < 4.78 is 10.6. The summed E-state index contributed by atoms with van der Waals surface area (Å²) in [6, 6.07) is 6.92. The Hall–Kier alpha value is -1.43. The molecule has 2 aromatic rings. The van der Waals surface area contributed by atoms with Crippen molar-refractivity contribution in [1.82, 2.24) is 10.1 Å². The topological polar surface area (TPSA) is 74.2 Å². The average molecular weight is 294 g/mol. The molecular weight excluding hydrogens is 278 g/mol. The zero-order valence-corrected chi connectivity index (χ0v) is 11.7. The second kappa shape index (κ2) is 5.91. The molecule has 1 saturated heterocycles. The van der Waals surface area contributed by atoms with E-state index in [0.717, 1.165) is 31.6 Å². The molecule has 0 saturated carbocycles. The molecule has 1 aliphatic rings. The number of halogens is 1. The summed E-state index contributed by atoms with van der Waals surface area (Å²) in [5, 5.41) is 4.65. The van der Waals surface area contributed by atoms with Crippen molar-refractivity contribution in [3.05, 3.63) is 46.6 Å². The van der Waals surface area contributed by atoms with E-state index in [0.29, 0.717) is 22.7 Å². The summed E-state index contributed by atoms with van der Waals surface area (Å²) >= 11 is 6.14. The zero-order chi connectivity index (χ0) is 13.9. The molecule has 1 aromatic carbocycles. The summed E-state index contributed by atoms with van der Waals surface area (Å²) in [5.41, 5.74) is 6.94. The van der Waals surface area contributed by atoms with Crippen LogP contribution < -0.4 is 5.73 Å². The Morgan fingerprint density at radius 3 is 2.75 bits per heavy atom. The number of nitrogens with two attached hydrogens (primary N) is 1. The molecular formula is C14H16ClN3O2. The van der Waals surface area contributed by atoms with Crippen molar-refractivity contribution >= 4 is 11.6 Å². The van der Waals surface area contributed by atoms with Crippen LogP contribution in [0.1, 0.15) is 42.1 Å². The lowest BCUT2D eigenvalue weighted by molar-refractivity contribution is 0.0830. The number of ether oxygens (including phenoxy) is 1. The highest BCUT2D eigenvalue weighted by Crippen LogP contribution is 2.28. The van der Waals surface area contributed by atoms with Crippen molar-refractivity contribution in [2.75, 3.05) is 13.2 Å². The molecule has 6 heteroatoms. The van der Waals surface area contributed by atoms with Crippen molar-refractivity contribution < 1.29 is 9.26 Å². The molecule has 3 rings (SSSR count). The van der Waals surface area contributed by atoms with Gasteiger partial charge in [0.15, 0.2) is 5.82 Å². The molecule has 1 aromatic heterocycles. The highest BCUT2D eigenvalue weighted by atomic mass is 35.5. The van der Waals surface area contributed by atoms with Crippen molar-refractivity contribution in [2.24, 2.45) is 5.73 Å². The Labute approximate surface area is 122 Å². The highest BCUT2D eigenvalue weighted by Gasteiger charge is 2.24. The zero-order valence-electron chi connectivity index (χ0n) is 11.0. The predicted molar refractivity (Wildman–Crippen MR) is 74.6 cm³/mol. The lowest BCUT2D eigenvalue weighted by atomic mass is 10.00. The first-order chi connectivity index (χ1) is 9.75. The Morgan fingerprint density at radius 2 is 2.00 bits per heavy atom. The molecule has 2 heterocycles. The first-order valence-corrected chi connectivity index (χ1v) is 7.05. The molecule has 20 heavy (non-hydrogen) atoms. The molecule has 0 unspecified atom stereocenters. The molecule has 0 amide bonds. The molecule has 1 aliphatic heterocycles. The highest BCUT2D eigenvalue weighted by molar-refractivity contribution is 6.31. The van der Waals surface area contributed by atoms with Crippen LogP contribution >= 0.6 is 11.6 Å². The third kappa shape index (κ3) is 2.70. The van der Waals surface area contributed by atoms with E-state index in [2.05, 4.69) is 10.1 Å². The summed E-state index contributed by atoms with van der Waals surface area (Å²) in [6.45, 7) is 1.48. The van der Waals surface area contributed by atoms with E-state index < -0.39 is 6.04 Å². The van der Waals surface area contributed by atoms with Gasteiger partial charge in [0.1, 0.15) is 6.04 Å². The normalized spacial score (nSPS) is 18.1. The first kappa shape index (κ1) is 13.5. The lowest BCUT2D eigenvalue weighted by Gasteiger charge is -2.18. The van der Waals surface area contributed by atoms with E-state index in [9.17, 15) is 0 Å². The minimum Gasteiger partial charge on any atom is -0.381 e. The van der Waals surface area contributed by atoms with Crippen molar-refractivity contribution in [3.8, 4) is 0 Å². The van der Waals surface area contributed by atoms with E-state index in [1.807, 2.05) is 18.2 Å². The molecule has 106 valence electrons. The second-order valence-corrected chi connectivity index (χ2v) is 5.28. The monoisotopic (exact) mass is 293 g/mol. The molecule has 0 aliphatic carbocycles. The van der Waals surface area contributed by atoms with Crippen LogP contribution in [0, 0.1) is 0 Å². The summed E-state index contributed by atoms with van der Waals surface area (Å²) in [7, 11) is 0. The number of hydrogen-bond acceptors (Lipinski definition) is 5. The third-order valence-corrected chi connectivity index (χ3v) is 3.89. The fraction of sp³-hybridized carbons (Fsp3) is 0.429. The van der Waals surface area contributed by atoms with Crippen LogP contribution in [0.2, 0.25) is 5.02 Å². The van der Waals surface area contributed by atoms with Crippen LogP contribution in [-0.4, -0.2) is 23.4 Å². The molecule has 1 atom stereocenters. The molecule has 2 N–H and O–H groups in total. The quantitative estimate of drug-likeness (QED) is 0.941. The average Bonchev–Trinajstić information content (AvgIpc) is 2.98. The Kier molecular flexibility index (Phi) is 4.00. The van der Waals surface area contributed by atoms with E-state index in [-0.39, 0.29) is 0 Å². The largest absolute Gasteiger partial charge is 0.381 e. The number of benzene rings is 1. The standard InChI is InChI=1S/C14H16ClN3O2/c15-11-4-2-1-3-10(11)12(16)14-17-13(18-20-14)9-5-7-19-8-6-9/h1-4,9,12H,5-8,16H2/t12-/m1/s1. The van der Waals surface area contributed by atoms with Gasteiger partial charge in [0.25, 0.3) is 0 Å². The van der Waals surface area contributed by atoms with Crippen molar-refractivity contribution in [3.63, 3.8) is 0 Å². The van der Waals surface area contributed by atoms with Crippen LogP contribution in [0.25, 0.3) is 0 Å². The molecule has 0 bridgehead atoms. The van der Waals surface area contributed by atoms with Gasteiger partial charge in [-0.15, -0.1) is 0 Å². The van der Waals surface area contributed by atoms with Gasteiger partial charge in [-0.25, -0.2) is 0 Å². The fourth-order valence-corrected chi connectivity index (χ4v) is 2.61. The Morgan fingerprint density at radius 1 is 1.25 bits per heavy atom. The molecule has 0 radical (unpaired) electrons. The van der Waals surface area contributed by atoms with Gasteiger partial charge in [0.2, 0.25) is 5.89 Å². The minimum atomic E-state index is -0.496. The van der Waals surface area contributed by atoms with Crippen molar-refractivity contribution in [1.29, 1.82) is 0 Å². The Balaban J connectivity index is 1.81. The van der Waals surface area contributed by atoms with Crippen molar-refractivity contribution in [2.45, 2.75) is 24.8 Å². The number of aromatic nitrogens is 2. The van der Waals surface area contributed by atoms with Gasteiger partial charge in [-0.05, 0) is 24.5 Å². The van der Waals surface area contributed by atoms with Crippen LogP contribution in [0.4, 0.5) is 0 Å². The van der Waals surface area contributed by atoms with Crippen LogP contribution in [0.15, 0.2) is 28.8 Å². The van der Waals surface area contributed by atoms with Gasteiger partial charge in [0, 0.05) is 24.2 Å². The minimum absolute atomic E-state index is 0.291. The van der Waals surface area contributed by atoms with Gasteiger partial charge in [0.05, 0.1) is 0 Å². The molecule has 0 spiro atoms. The van der Waals surface area contributed by atoms with E-state index in [4.69, 9.17) is 26.6 Å². The number of rotatable bonds is 3. The molecule has 1 fully saturated rings. The van der Waals surface area contributed by atoms with E-state index in [1.165, 1.54) is 0 Å². The van der Waals surface area contributed by atoms with Crippen LogP contribution in [0.3, 0.4) is 0 Å². The molecule has 5 nitrogen and oxygen atoms in total. The fourth-order valence-electron chi connectivity index (χ4n) is 2.36. The van der Waals surface area contributed by atoms with Gasteiger partial charge in [-0.2, -0.15) is 4.98 Å². The van der Waals surface area contributed by atoms with Gasteiger partial charge in [-0.1, -0.05) is 35.0 Å². The lowest BCUT2D eigenvalue weighted by Crippen LogP contribution is -2.16. The second-order valence-electron chi connectivity index (χ2n) is 4.88. The first-order valence-electron chi connectivity index (χ1n) is 6.67.